The molecule has 9 nitrogen and oxygen atoms in total. The molecule has 198 valence electrons. The quantitative estimate of drug-likeness (QED) is 0.351. The summed E-state index contributed by atoms with van der Waals surface area (Å²) in [5.41, 5.74) is 3.05. The van der Waals surface area contributed by atoms with Crippen molar-refractivity contribution >= 4 is 30.4 Å². The van der Waals surface area contributed by atoms with Gasteiger partial charge in [-0.15, -0.1) is 0 Å². The fraction of sp³-hybridized carbons (Fsp3) is 0.250. The van der Waals surface area contributed by atoms with E-state index in [1.54, 1.807) is 36.4 Å². The van der Waals surface area contributed by atoms with Gasteiger partial charge < -0.3 is 13.7 Å². The molecule has 3 aromatic carbocycles. The molecule has 0 spiro atoms. The van der Waals surface area contributed by atoms with Crippen LogP contribution >= 0.6 is 0 Å². The van der Waals surface area contributed by atoms with Crippen LogP contribution in [0.5, 0.6) is 0 Å². The summed E-state index contributed by atoms with van der Waals surface area (Å²) in [6, 6.07) is 17.9. The molecule has 0 saturated carbocycles. The number of benzene rings is 3. The SMILES string of the molecule is CCc1ccc(S(=O)(=O)[O-])cc1.CCc1ccc(S(=O)(=O)[O-])cc1.CCc1ccc(S(=O)(=O)[O-])cc1.[La+3]. The van der Waals surface area contributed by atoms with E-state index in [0.29, 0.717) is 0 Å². The summed E-state index contributed by atoms with van der Waals surface area (Å²) in [6.07, 6.45) is 2.50. The van der Waals surface area contributed by atoms with Crippen molar-refractivity contribution in [1.82, 2.24) is 0 Å². The van der Waals surface area contributed by atoms with E-state index in [1.165, 1.54) is 36.4 Å². The smallest absolute Gasteiger partial charge is 0.744 e. The van der Waals surface area contributed by atoms with Crippen LogP contribution < -0.4 is 0 Å². The maximum Gasteiger partial charge on any atom is 3.00 e. The Hall–Kier alpha value is -1.42. The molecule has 0 heterocycles. The largest absolute Gasteiger partial charge is 3.00 e. The van der Waals surface area contributed by atoms with Crippen LogP contribution in [0.4, 0.5) is 0 Å². The Balaban J connectivity index is 0.000000518. The first-order valence-corrected chi connectivity index (χ1v) is 15.0. The van der Waals surface area contributed by atoms with Crippen molar-refractivity contribution in [2.75, 3.05) is 0 Å². The van der Waals surface area contributed by atoms with E-state index in [-0.39, 0.29) is 50.3 Å². The van der Waals surface area contributed by atoms with E-state index in [0.717, 1.165) is 36.0 Å². The van der Waals surface area contributed by atoms with E-state index >= 15 is 0 Å². The van der Waals surface area contributed by atoms with E-state index in [4.69, 9.17) is 0 Å². The molecule has 0 aliphatic carbocycles. The van der Waals surface area contributed by atoms with Crippen molar-refractivity contribution < 1.29 is 74.5 Å². The molecule has 0 aliphatic heterocycles. The number of hydrogen-bond donors (Lipinski definition) is 0. The summed E-state index contributed by atoms with van der Waals surface area (Å²) in [5, 5.41) is 0. The van der Waals surface area contributed by atoms with Gasteiger partial charge in [0.05, 0.1) is 14.7 Å². The first-order valence-electron chi connectivity index (χ1n) is 10.8. The maximum atomic E-state index is 10.5. The molecule has 13 heteroatoms. The molecule has 0 atom stereocenters. The molecule has 0 amide bonds. The van der Waals surface area contributed by atoms with Crippen LogP contribution in [0.3, 0.4) is 0 Å². The minimum Gasteiger partial charge on any atom is -0.744 e. The fourth-order valence-electron chi connectivity index (χ4n) is 2.68. The molecule has 0 radical (unpaired) electrons. The summed E-state index contributed by atoms with van der Waals surface area (Å²) >= 11 is 0. The first-order chi connectivity index (χ1) is 16.6. The van der Waals surface area contributed by atoms with Gasteiger partial charge in [0.1, 0.15) is 30.4 Å². The zero-order valence-corrected chi connectivity index (χ0v) is 26.6. The van der Waals surface area contributed by atoms with E-state index < -0.39 is 30.4 Å². The van der Waals surface area contributed by atoms with Gasteiger partial charge in [-0.1, -0.05) is 57.2 Å². The van der Waals surface area contributed by atoms with Crippen molar-refractivity contribution in [3.8, 4) is 0 Å². The van der Waals surface area contributed by atoms with Gasteiger partial charge in [-0.2, -0.15) is 0 Å². The molecule has 37 heavy (non-hydrogen) atoms. The molecule has 0 unspecified atom stereocenters. The van der Waals surface area contributed by atoms with E-state index in [2.05, 4.69) is 0 Å². The molecule has 3 aromatic rings. The number of hydrogen-bond acceptors (Lipinski definition) is 9. The Morgan fingerprint density at radius 2 is 0.595 bits per heavy atom. The van der Waals surface area contributed by atoms with Crippen LogP contribution in [0.2, 0.25) is 0 Å². The Kier molecular flexibility index (Phi) is 15.3. The molecule has 0 saturated heterocycles. The Morgan fingerprint density at radius 1 is 0.432 bits per heavy atom. The average Bonchev–Trinajstić information content (AvgIpc) is 2.83. The third-order valence-corrected chi connectivity index (χ3v) is 7.41. The summed E-state index contributed by atoms with van der Waals surface area (Å²) in [6.45, 7) is 5.88. The van der Waals surface area contributed by atoms with Gasteiger partial charge in [0.25, 0.3) is 0 Å². The second kappa shape index (κ2) is 15.9. The third kappa shape index (κ3) is 13.3. The first kappa shape index (κ1) is 35.6. The Bertz CT molecular complexity index is 1240. The molecule has 3 rings (SSSR count). The van der Waals surface area contributed by atoms with Crippen LogP contribution in [0.25, 0.3) is 0 Å². The van der Waals surface area contributed by atoms with Gasteiger partial charge in [-0.05, 0) is 72.4 Å². The van der Waals surface area contributed by atoms with E-state index in [1.807, 2.05) is 20.8 Å². The summed E-state index contributed by atoms with van der Waals surface area (Å²) in [5.74, 6) is 0. The van der Waals surface area contributed by atoms with Gasteiger partial charge in [-0.25, -0.2) is 25.3 Å². The predicted octanol–water partition coefficient (Wildman–Crippen LogP) is 3.46. The second-order valence-corrected chi connectivity index (χ2v) is 11.5. The Labute approximate surface area is 247 Å². The molecule has 0 aromatic heterocycles. The van der Waals surface area contributed by atoms with Crippen LogP contribution in [0.1, 0.15) is 37.5 Å². The summed E-state index contributed by atoms with van der Waals surface area (Å²) < 4.78 is 94.3. The van der Waals surface area contributed by atoms with Crippen molar-refractivity contribution in [2.24, 2.45) is 0 Å². The molecular formula is C24H27LaO9S3. The number of rotatable bonds is 6. The van der Waals surface area contributed by atoms with Gasteiger partial charge in [0.15, 0.2) is 0 Å². The minimum absolute atomic E-state index is 0. The average molecular weight is 695 g/mol. The topological polar surface area (TPSA) is 172 Å². The summed E-state index contributed by atoms with van der Waals surface area (Å²) in [4.78, 5) is -0.501. The van der Waals surface area contributed by atoms with Crippen LogP contribution in [-0.4, -0.2) is 38.9 Å². The number of aryl methyl sites for hydroxylation is 3. The van der Waals surface area contributed by atoms with E-state index in [9.17, 15) is 38.9 Å². The van der Waals surface area contributed by atoms with Crippen LogP contribution in [0.15, 0.2) is 87.5 Å². The van der Waals surface area contributed by atoms with Gasteiger partial charge in [-0.3, -0.25) is 0 Å². The van der Waals surface area contributed by atoms with Crippen LogP contribution in [0, 0.1) is 35.6 Å². The standard InChI is InChI=1S/3C8H10O3S.La/c3*1-2-7-3-5-8(6-4-7)12(9,10)11;/h3*3-6H,2H2,1H3,(H,9,10,11);/q;;;+3/p-3. The van der Waals surface area contributed by atoms with Crippen molar-refractivity contribution in [3.05, 3.63) is 89.5 Å². The summed E-state index contributed by atoms with van der Waals surface area (Å²) in [7, 11) is -12.8. The van der Waals surface area contributed by atoms with Crippen LogP contribution in [-0.2, 0) is 49.6 Å². The zero-order valence-electron chi connectivity index (χ0n) is 20.5. The van der Waals surface area contributed by atoms with Crippen molar-refractivity contribution in [2.45, 2.75) is 54.7 Å². The second-order valence-electron chi connectivity index (χ2n) is 7.35. The van der Waals surface area contributed by atoms with Gasteiger partial charge in [0.2, 0.25) is 0 Å². The van der Waals surface area contributed by atoms with Crippen molar-refractivity contribution in [3.63, 3.8) is 0 Å². The monoisotopic (exact) mass is 694 g/mol. The molecule has 0 N–H and O–H groups in total. The van der Waals surface area contributed by atoms with Gasteiger partial charge in [0, 0.05) is 0 Å². The van der Waals surface area contributed by atoms with Crippen molar-refractivity contribution in [1.29, 1.82) is 0 Å². The zero-order chi connectivity index (χ0) is 27.6. The molecule has 0 fully saturated rings. The maximum absolute atomic E-state index is 10.5. The fourth-order valence-corrected chi connectivity index (χ4v) is 4.08. The minimum atomic E-state index is -4.28. The molecule has 0 bridgehead atoms. The van der Waals surface area contributed by atoms with Gasteiger partial charge >= 0.3 is 35.6 Å². The normalized spacial score (nSPS) is 11.2. The predicted molar refractivity (Wildman–Crippen MR) is 131 cm³/mol. The Morgan fingerprint density at radius 3 is 0.703 bits per heavy atom. The molecule has 0 aliphatic rings. The molecular weight excluding hydrogens is 667 g/mol. The third-order valence-electron chi connectivity index (χ3n) is 4.86.